The number of benzene rings is 1. The number of pyridine rings is 1. The lowest BCUT2D eigenvalue weighted by molar-refractivity contribution is 0.318. The number of aryl methyl sites for hydroxylation is 1. The Bertz CT molecular complexity index is 677. The van der Waals surface area contributed by atoms with Crippen LogP contribution in [0.1, 0.15) is 11.1 Å². The summed E-state index contributed by atoms with van der Waals surface area (Å²) < 4.78 is 26.5. The number of oxime groups is 1. The van der Waals surface area contributed by atoms with Crippen molar-refractivity contribution >= 4 is 17.6 Å². The monoisotopic (exact) mass is 295 g/mol. The maximum absolute atomic E-state index is 13.7. The Morgan fingerprint density at radius 3 is 2.75 bits per heavy atom. The summed E-state index contributed by atoms with van der Waals surface area (Å²) in [6.45, 7) is 1.76. The van der Waals surface area contributed by atoms with Crippen molar-refractivity contribution in [1.82, 2.24) is 4.98 Å². The molecule has 1 heterocycles. The summed E-state index contributed by atoms with van der Waals surface area (Å²) in [5.41, 5.74) is 6.76. The minimum absolute atomic E-state index is 0.111. The van der Waals surface area contributed by atoms with Gasteiger partial charge in [-0.1, -0.05) is 16.9 Å². The molecule has 0 aliphatic carbocycles. The van der Waals surface area contributed by atoms with Crippen molar-refractivity contribution in [3.8, 4) is 0 Å². The summed E-state index contributed by atoms with van der Waals surface area (Å²) >= 11 is 0.983. The second-order valence-electron chi connectivity index (χ2n) is 3.97. The number of hydrogen-bond acceptors (Lipinski definition) is 4. The molecular weight excluding hydrogens is 284 g/mol. The van der Waals surface area contributed by atoms with Gasteiger partial charge in [-0.2, -0.15) is 0 Å². The van der Waals surface area contributed by atoms with E-state index in [0.717, 1.165) is 29.5 Å². The Balaban J connectivity index is 2.46. The maximum Gasteiger partial charge on any atom is 0.173 e. The van der Waals surface area contributed by atoms with Crippen molar-refractivity contribution in [2.24, 2.45) is 10.9 Å². The molecule has 0 saturated heterocycles. The van der Waals surface area contributed by atoms with Crippen molar-refractivity contribution in [1.29, 1.82) is 0 Å². The van der Waals surface area contributed by atoms with Crippen molar-refractivity contribution in [3.63, 3.8) is 0 Å². The minimum Gasteiger partial charge on any atom is -0.409 e. The molecule has 0 aliphatic rings. The molecule has 0 amide bonds. The maximum atomic E-state index is 13.7. The molecule has 2 aromatic rings. The van der Waals surface area contributed by atoms with Gasteiger partial charge in [-0.3, -0.25) is 0 Å². The molecule has 20 heavy (non-hydrogen) atoms. The molecule has 1 aromatic heterocycles. The van der Waals surface area contributed by atoms with Crippen LogP contribution in [0.4, 0.5) is 8.78 Å². The molecule has 0 fully saturated rings. The smallest absolute Gasteiger partial charge is 0.173 e. The number of halogens is 2. The van der Waals surface area contributed by atoms with Gasteiger partial charge in [-0.15, -0.1) is 0 Å². The standard InChI is InChI=1S/C13H11F2N3OS/c1-7-4-5-17-13(11(7)12(16)18-19)20-10-3-2-8(14)6-9(10)15/h2-6,19H,1H3,(H2,16,18). The number of nitrogens with zero attached hydrogens (tertiary/aromatic N) is 2. The second kappa shape index (κ2) is 5.87. The molecule has 4 nitrogen and oxygen atoms in total. The van der Waals surface area contributed by atoms with E-state index in [2.05, 4.69) is 10.1 Å². The van der Waals surface area contributed by atoms with Crippen LogP contribution in [0.25, 0.3) is 0 Å². The predicted molar refractivity (Wildman–Crippen MR) is 72.0 cm³/mol. The molecular formula is C13H11F2N3OS. The number of hydrogen-bond donors (Lipinski definition) is 2. The first-order valence-corrected chi connectivity index (χ1v) is 6.41. The van der Waals surface area contributed by atoms with Crippen LogP contribution >= 0.6 is 11.8 Å². The van der Waals surface area contributed by atoms with E-state index < -0.39 is 11.6 Å². The van der Waals surface area contributed by atoms with E-state index in [1.165, 1.54) is 12.3 Å². The number of nitrogens with two attached hydrogens (primary N) is 1. The minimum atomic E-state index is -0.691. The molecule has 0 radical (unpaired) electrons. The van der Waals surface area contributed by atoms with Crippen LogP contribution in [-0.2, 0) is 0 Å². The highest BCUT2D eigenvalue weighted by molar-refractivity contribution is 7.99. The van der Waals surface area contributed by atoms with Gasteiger partial charge in [0.15, 0.2) is 5.84 Å². The molecule has 7 heteroatoms. The highest BCUT2D eigenvalue weighted by Crippen LogP contribution is 2.32. The van der Waals surface area contributed by atoms with Gasteiger partial charge in [-0.25, -0.2) is 13.8 Å². The fourth-order valence-corrected chi connectivity index (χ4v) is 2.62. The molecule has 2 rings (SSSR count). The number of aromatic nitrogens is 1. The molecule has 1 aromatic carbocycles. The van der Waals surface area contributed by atoms with Crippen molar-refractivity contribution < 1.29 is 14.0 Å². The van der Waals surface area contributed by atoms with Gasteiger partial charge in [0, 0.05) is 17.2 Å². The number of amidine groups is 1. The average Bonchev–Trinajstić information content (AvgIpc) is 2.41. The summed E-state index contributed by atoms with van der Waals surface area (Å²) in [7, 11) is 0. The van der Waals surface area contributed by atoms with Gasteiger partial charge in [0.2, 0.25) is 0 Å². The van der Waals surface area contributed by atoms with Crippen molar-refractivity contribution in [2.75, 3.05) is 0 Å². The highest BCUT2D eigenvalue weighted by atomic mass is 32.2. The Morgan fingerprint density at radius 1 is 1.35 bits per heavy atom. The molecule has 0 aliphatic heterocycles. The van der Waals surface area contributed by atoms with Gasteiger partial charge in [-0.05, 0) is 30.7 Å². The van der Waals surface area contributed by atoms with Crippen LogP contribution in [-0.4, -0.2) is 16.0 Å². The zero-order chi connectivity index (χ0) is 14.7. The molecule has 0 spiro atoms. The van der Waals surface area contributed by atoms with Crippen LogP contribution in [0.15, 0.2) is 45.5 Å². The van der Waals surface area contributed by atoms with E-state index in [1.54, 1.807) is 13.0 Å². The zero-order valence-electron chi connectivity index (χ0n) is 10.5. The lowest BCUT2D eigenvalue weighted by Crippen LogP contribution is -2.16. The third-order valence-electron chi connectivity index (χ3n) is 2.59. The molecule has 0 bridgehead atoms. The van der Waals surface area contributed by atoms with E-state index in [4.69, 9.17) is 10.9 Å². The van der Waals surface area contributed by atoms with E-state index in [-0.39, 0.29) is 10.7 Å². The molecule has 0 atom stereocenters. The Hall–Kier alpha value is -2.15. The fraction of sp³-hybridized carbons (Fsp3) is 0.0769. The summed E-state index contributed by atoms with van der Waals surface area (Å²) in [6, 6.07) is 4.96. The van der Waals surface area contributed by atoms with Crippen LogP contribution < -0.4 is 5.73 Å². The van der Waals surface area contributed by atoms with Gasteiger partial charge in [0.1, 0.15) is 16.7 Å². The Morgan fingerprint density at radius 2 is 2.10 bits per heavy atom. The summed E-state index contributed by atoms with van der Waals surface area (Å²) in [6.07, 6.45) is 1.53. The zero-order valence-corrected chi connectivity index (χ0v) is 11.3. The third-order valence-corrected chi connectivity index (χ3v) is 3.64. The van der Waals surface area contributed by atoms with Crippen LogP contribution in [0.2, 0.25) is 0 Å². The Kier molecular flexibility index (Phi) is 4.19. The lowest BCUT2D eigenvalue weighted by atomic mass is 10.1. The average molecular weight is 295 g/mol. The van der Waals surface area contributed by atoms with Crippen LogP contribution in [0.3, 0.4) is 0 Å². The van der Waals surface area contributed by atoms with Crippen molar-refractivity contribution in [2.45, 2.75) is 16.8 Å². The van der Waals surface area contributed by atoms with Gasteiger partial charge in [0.05, 0.1) is 5.56 Å². The van der Waals surface area contributed by atoms with Crippen LogP contribution in [0, 0.1) is 18.6 Å². The van der Waals surface area contributed by atoms with E-state index in [1.807, 2.05) is 0 Å². The predicted octanol–water partition coefficient (Wildman–Crippen LogP) is 2.91. The topological polar surface area (TPSA) is 71.5 Å². The molecule has 3 N–H and O–H groups in total. The van der Waals surface area contributed by atoms with Gasteiger partial charge >= 0.3 is 0 Å². The second-order valence-corrected chi connectivity index (χ2v) is 5.00. The van der Waals surface area contributed by atoms with Crippen LogP contribution in [0.5, 0.6) is 0 Å². The highest BCUT2D eigenvalue weighted by Gasteiger charge is 2.15. The molecule has 104 valence electrons. The first-order valence-electron chi connectivity index (χ1n) is 5.59. The SMILES string of the molecule is Cc1ccnc(Sc2ccc(F)cc2F)c1/C(N)=N/O. The van der Waals surface area contributed by atoms with E-state index >= 15 is 0 Å². The molecule has 0 saturated carbocycles. The first-order chi connectivity index (χ1) is 9.52. The largest absolute Gasteiger partial charge is 0.409 e. The summed E-state index contributed by atoms with van der Waals surface area (Å²) in [5, 5.41) is 12.1. The van der Waals surface area contributed by atoms with Crippen molar-refractivity contribution in [3.05, 3.63) is 53.2 Å². The first kappa shape index (κ1) is 14.3. The Labute approximate surface area is 118 Å². The van der Waals surface area contributed by atoms with Gasteiger partial charge in [0.25, 0.3) is 0 Å². The van der Waals surface area contributed by atoms with Gasteiger partial charge < -0.3 is 10.9 Å². The normalized spacial score (nSPS) is 11.7. The summed E-state index contributed by atoms with van der Waals surface area (Å²) in [4.78, 5) is 4.30. The lowest BCUT2D eigenvalue weighted by Gasteiger charge is -2.10. The fourth-order valence-electron chi connectivity index (χ4n) is 1.63. The quantitative estimate of drug-likeness (QED) is 0.395. The summed E-state index contributed by atoms with van der Waals surface area (Å²) in [5.74, 6) is -1.45. The molecule has 0 unspecified atom stereocenters. The van der Waals surface area contributed by atoms with E-state index in [0.29, 0.717) is 10.6 Å². The third kappa shape index (κ3) is 2.88. The van der Waals surface area contributed by atoms with E-state index in [9.17, 15) is 8.78 Å². The number of rotatable bonds is 3.